The van der Waals surface area contributed by atoms with Crippen LogP contribution in [0.15, 0.2) is 29.1 Å². The van der Waals surface area contributed by atoms with E-state index in [4.69, 9.17) is 10.5 Å². The van der Waals surface area contributed by atoms with Crippen LogP contribution in [0.4, 0.5) is 10.5 Å². The van der Waals surface area contributed by atoms with Gasteiger partial charge in [0.05, 0.1) is 39.8 Å². The highest BCUT2D eigenvalue weighted by atomic mass is 16.6. The van der Waals surface area contributed by atoms with Gasteiger partial charge in [-0.25, -0.2) is 9.59 Å². The molecule has 14 heteroatoms. The lowest BCUT2D eigenvalue weighted by molar-refractivity contribution is -0.384. The zero-order valence-corrected chi connectivity index (χ0v) is 21.3. The number of H-pyrrole nitrogens is 1. The summed E-state index contributed by atoms with van der Waals surface area (Å²) in [5.74, 6) is -3.34. The number of non-ortho nitro benzene ring substituents is 1. The first-order valence-electron chi connectivity index (χ1n) is 11.4. The Morgan fingerprint density at radius 2 is 1.68 bits per heavy atom. The molecular weight excluding hydrogens is 500 g/mol. The number of carbonyl (C=O) groups excluding carboxylic acids is 4. The van der Waals surface area contributed by atoms with Crippen LogP contribution in [-0.4, -0.2) is 49.7 Å². The number of hydrogen-bond donors (Lipinski definition) is 3. The van der Waals surface area contributed by atoms with Crippen molar-refractivity contribution in [2.24, 2.45) is 5.73 Å². The maximum absolute atomic E-state index is 13.8. The van der Waals surface area contributed by atoms with Gasteiger partial charge in [-0.15, -0.1) is 0 Å². The summed E-state index contributed by atoms with van der Waals surface area (Å²) in [6.07, 6.45) is 0. The molecule has 2 amide bonds. The molecule has 0 bridgehead atoms. The fourth-order valence-corrected chi connectivity index (χ4v) is 4.36. The molecule has 4 N–H and O–H groups in total. The molecule has 0 spiro atoms. The van der Waals surface area contributed by atoms with Crippen molar-refractivity contribution in [1.29, 1.82) is 0 Å². The summed E-state index contributed by atoms with van der Waals surface area (Å²) in [5.41, 5.74) is 7.49. The summed E-state index contributed by atoms with van der Waals surface area (Å²) in [7, 11) is 0. The fraction of sp³-hybridized carbons (Fsp3) is 0.292. The molecule has 0 saturated carbocycles. The molecule has 3 aromatic rings. The first-order chi connectivity index (χ1) is 17.8. The third-order valence-corrected chi connectivity index (χ3v) is 6.02. The van der Waals surface area contributed by atoms with Crippen molar-refractivity contribution in [3.05, 3.63) is 84.1 Å². The minimum Gasteiger partial charge on any atom is -0.462 e. The Morgan fingerprint density at radius 3 is 2.16 bits per heavy atom. The predicted molar refractivity (Wildman–Crippen MR) is 134 cm³/mol. The van der Waals surface area contributed by atoms with E-state index in [0.717, 1.165) is 0 Å². The van der Waals surface area contributed by atoms with Crippen LogP contribution in [-0.2, 0) is 9.53 Å². The Kier molecular flexibility index (Phi) is 7.65. The Hall–Kier alpha value is -5.01. The minimum atomic E-state index is -1.37. The van der Waals surface area contributed by atoms with Crippen molar-refractivity contribution < 1.29 is 28.8 Å². The van der Waals surface area contributed by atoms with Gasteiger partial charge in [-0.3, -0.25) is 39.7 Å². The number of nitrogens with two attached hydrogens (primary N) is 1. The van der Waals surface area contributed by atoms with E-state index in [1.165, 1.54) is 56.6 Å². The van der Waals surface area contributed by atoms with E-state index in [9.17, 15) is 34.1 Å². The molecule has 2 aromatic heterocycles. The fourth-order valence-electron chi connectivity index (χ4n) is 4.36. The molecule has 1 aromatic carbocycles. The Bertz CT molecular complexity index is 1530. The number of nitro benzene ring substituents is 1. The number of aromatic amines is 1. The standard InChI is InChI=1S/C24H26N6O8/c1-6-38-23(34)19-13(4)28(12(3)18(19)14(5)31)27-21(32)20(15-7-9-16(10-8-15)30(36)37)17-11(2)26-29(22(17)33)24(25)35/h7-10,20,26H,6H2,1-5H3,(H2,25,35)(H,27,32). The molecule has 1 unspecified atom stereocenters. The van der Waals surface area contributed by atoms with Gasteiger partial charge in [0.25, 0.3) is 17.2 Å². The number of aryl methyl sites for hydroxylation is 1. The number of esters is 1. The van der Waals surface area contributed by atoms with Gasteiger partial charge in [-0.2, -0.15) is 4.68 Å². The zero-order chi connectivity index (χ0) is 28.5. The van der Waals surface area contributed by atoms with Crippen LogP contribution >= 0.6 is 0 Å². The number of ketones is 1. The van der Waals surface area contributed by atoms with Crippen molar-refractivity contribution in [2.75, 3.05) is 12.0 Å². The summed E-state index contributed by atoms with van der Waals surface area (Å²) in [5, 5.41) is 13.6. The highest BCUT2D eigenvalue weighted by molar-refractivity contribution is 6.07. The number of hydrogen-bond acceptors (Lipinski definition) is 8. The van der Waals surface area contributed by atoms with Crippen LogP contribution in [0.1, 0.15) is 68.7 Å². The van der Waals surface area contributed by atoms with Crippen LogP contribution in [0.3, 0.4) is 0 Å². The van der Waals surface area contributed by atoms with Gasteiger partial charge in [0.2, 0.25) is 0 Å². The number of amides is 2. The molecule has 0 saturated heterocycles. The first-order valence-corrected chi connectivity index (χ1v) is 11.4. The first kappa shape index (κ1) is 27.6. The van der Waals surface area contributed by atoms with Crippen LogP contribution in [0.2, 0.25) is 0 Å². The van der Waals surface area contributed by atoms with Gasteiger partial charge in [-0.1, -0.05) is 12.1 Å². The van der Waals surface area contributed by atoms with Gasteiger partial charge in [-0.05, 0) is 40.2 Å². The van der Waals surface area contributed by atoms with Crippen molar-refractivity contribution in [2.45, 2.75) is 40.5 Å². The Balaban J connectivity index is 2.20. The Labute approximate surface area is 215 Å². The molecule has 0 aliphatic rings. The van der Waals surface area contributed by atoms with Crippen LogP contribution in [0.5, 0.6) is 0 Å². The van der Waals surface area contributed by atoms with Crippen LogP contribution in [0, 0.1) is 30.9 Å². The number of nitro groups is 1. The van der Waals surface area contributed by atoms with E-state index in [1.807, 2.05) is 0 Å². The monoisotopic (exact) mass is 526 g/mol. The summed E-state index contributed by atoms with van der Waals surface area (Å²) < 4.78 is 6.85. The summed E-state index contributed by atoms with van der Waals surface area (Å²) in [4.78, 5) is 74.1. The van der Waals surface area contributed by atoms with E-state index < -0.39 is 40.1 Å². The number of nitrogens with zero attached hydrogens (tertiary/aromatic N) is 3. The second-order valence-electron chi connectivity index (χ2n) is 8.42. The third kappa shape index (κ3) is 4.83. The SMILES string of the molecule is CCOC(=O)c1c(C(C)=O)c(C)n(NC(=O)C(c2ccc([N+](=O)[O-])cc2)c2c(C)[nH]n(C(N)=O)c2=O)c1C. The lowest BCUT2D eigenvalue weighted by atomic mass is 9.90. The van der Waals surface area contributed by atoms with Gasteiger partial charge in [0, 0.05) is 23.5 Å². The van der Waals surface area contributed by atoms with E-state index in [0.29, 0.717) is 4.68 Å². The predicted octanol–water partition coefficient (Wildman–Crippen LogP) is 2.02. The molecule has 2 heterocycles. The normalized spacial score (nSPS) is 11.6. The van der Waals surface area contributed by atoms with E-state index in [2.05, 4.69) is 10.5 Å². The molecule has 0 aliphatic heterocycles. The van der Waals surface area contributed by atoms with Gasteiger partial charge < -0.3 is 10.5 Å². The van der Waals surface area contributed by atoms with Gasteiger partial charge >= 0.3 is 12.0 Å². The second kappa shape index (κ2) is 10.5. The molecular formula is C24H26N6O8. The van der Waals surface area contributed by atoms with Gasteiger partial charge in [0.15, 0.2) is 5.78 Å². The molecule has 200 valence electrons. The van der Waals surface area contributed by atoms with E-state index in [-0.39, 0.29) is 51.6 Å². The highest BCUT2D eigenvalue weighted by Gasteiger charge is 2.33. The minimum absolute atomic E-state index is 0.0158. The molecule has 3 rings (SSSR count). The number of ether oxygens (including phenoxy) is 1. The maximum atomic E-state index is 13.8. The molecule has 0 radical (unpaired) electrons. The average Bonchev–Trinajstić information content (AvgIpc) is 3.27. The maximum Gasteiger partial charge on any atom is 0.341 e. The molecule has 38 heavy (non-hydrogen) atoms. The number of primary amides is 1. The largest absolute Gasteiger partial charge is 0.462 e. The molecule has 0 fully saturated rings. The number of rotatable bonds is 8. The van der Waals surface area contributed by atoms with Crippen molar-refractivity contribution in [3.8, 4) is 0 Å². The topological polar surface area (TPSA) is 201 Å². The number of carbonyl (C=O) groups is 4. The molecule has 0 aliphatic carbocycles. The second-order valence-corrected chi connectivity index (χ2v) is 8.42. The number of nitrogens with one attached hydrogen (secondary N) is 2. The van der Waals surface area contributed by atoms with Gasteiger partial charge in [0.1, 0.15) is 0 Å². The third-order valence-electron chi connectivity index (χ3n) is 6.02. The lowest BCUT2D eigenvalue weighted by Crippen LogP contribution is -2.35. The Morgan fingerprint density at radius 1 is 1.11 bits per heavy atom. The number of Topliss-reactive ketones (excluding diaryl/α,β-unsaturated/α-hetero) is 1. The van der Waals surface area contributed by atoms with E-state index in [1.54, 1.807) is 6.92 Å². The summed E-state index contributed by atoms with van der Waals surface area (Å²) in [6, 6.07) is 3.85. The quantitative estimate of drug-likeness (QED) is 0.171. The van der Waals surface area contributed by atoms with Crippen LogP contribution < -0.4 is 16.7 Å². The number of benzene rings is 1. The van der Waals surface area contributed by atoms with Crippen molar-refractivity contribution in [1.82, 2.24) is 14.5 Å². The average molecular weight is 527 g/mol. The number of aromatic nitrogens is 3. The molecule has 14 nitrogen and oxygen atoms in total. The van der Waals surface area contributed by atoms with Crippen molar-refractivity contribution >= 4 is 29.4 Å². The van der Waals surface area contributed by atoms with E-state index >= 15 is 0 Å². The zero-order valence-electron chi connectivity index (χ0n) is 21.3. The summed E-state index contributed by atoms with van der Waals surface area (Å²) >= 11 is 0. The van der Waals surface area contributed by atoms with Crippen molar-refractivity contribution in [3.63, 3.8) is 0 Å². The highest BCUT2D eigenvalue weighted by Crippen LogP contribution is 2.29. The lowest BCUT2D eigenvalue weighted by Gasteiger charge is -2.19. The molecule has 1 atom stereocenters. The smallest absolute Gasteiger partial charge is 0.341 e. The summed E-state index contributed by atoms with van der Waals surface area (Å²) in [6.45, 7) is 7.43. The van der Waals surface area contributed by atoms with Crippen LogP contribution in [0.25, 0.3) is 0 Å².